The SMILES string of the molecule is Cc1ccccc1CN(CCN(C)C)Cc1ccccc1C(=O)O. The number of hydrogen-bond donors (Lipinski definition) is 1. The second kappa shape index (κ2) is 8.62. The van der Waals surface area contributed by atoms with Gasteiger partial charge in [0.25, 0.3) is 0 Å². The molecule has 0 aromatic heterocycles. The number of hydrogen-bond acceptors (Lipinski definition) is 3. The Kier molecular flexibility index (Phi) is 6.53. The number of carboxylic acids is 1. The van der Waals surface area contributed by atoms with Crippen LogP contribution < -0.4 is 0 Å². The number of rotatable bonds is 8. The molecule has 0 aliphatic carbocycles. The summed E-state index contributed by atoms with van der Waals surface area (Å²) in [6.45, 7) is 5.38. The molecule has 2 rings (SSSR count). The predicted octanol–water partition coefficient (Wildman–Crippen LogP) is 3.26. The van der Waals surface area contributed by atoms with Crippen LogP contribution in [0, 0.1) is 6.92 Å². The van der Waals surface area contributed by atoms with Crippen LogP contribution in [-0.2, 0) is 13.1 Å². The molecule has 0 saturated carbocycles. The first-order valence-corrected chi connectivity index (χ1v) is 8.20. The van der Waals surface area contributed by atoms with E-state index in [2.05, 4.69) is 49.0 Å². The van der Waals surface area contributed by atoms with Gasteiger partial charge < -0.3 is 10.0 Å². The fourth-order valence-corrected chi connectivity index (χ4v) is 2.69. The predicted molar refractivity (Wildman–Crippen MR) is 97.2 cm³/mol. The highest BCUT2D eigenvalue weighted by Crippen LogP contribution is 2.16. The number of carboxylic acid groups (broad SMARTS) is 1. The fourth-order valence-electron chi connectivity index (χ4n) is 2.69. The molecule has 0 aliphatic rings. The van der Waals surface area contributed by atoms with Crippen molar-refractivity contribution in [2.24, 2.45) is 0 Å². The van der Waals surface area contributed by atoms with Gasteiger partial charge in [0.15, 0.2) is 0 Å². The number of nitrogens with zero attached hydrogens (tertiary/aromatic N) is 2. The lowest BCUT2D eigenvalue weighted by Gasteiger charge is -2.25. The highest BCUT2D eigenvalue weighted by atomic mass is 16.4. The lowest BCUT2D eigenvalue weighted by atomic mass is 10.1. The molecule has 4 heteroatoms. The molecule has 128 valence electrons. The molecule has 4 nitrogen and oxygen atoms in total. The first-order valence-electron chi connectivity index (χ1n) is 8.20. The van der Waals surface area contributed by atoms with E-state index in [1.807, 2.05) is 18.2 Å². The zero-order chi connectivity index (χ0) is 17.5. The minimum Gasteiger partial charge on any atom is -0.478 e. The van der Waals surface area contributed by atoms with Crippen molar-refractivity contribution in [1.29, 1.82) is 0 Å². The second-order valence-corrected chi connectivity index (χ2v) is 6.40. The molecule has 24 heavy (non-hydrogen) atoms. The Bertz CT molecular complexity index is 683. The lowest BCUT2D eigenvalue weighted by Crippen LogP contribution is -2.31. The number of aryl methyl sites for hydroxylation is 1. The van der Waals surface area contributed by atoms with Gasteiger partial charge in [-0.05, 0) is 43.8 Å². The van der Waals surface area contributed by atoms with E-state index < -0.39 is 5.97 Å². The summed E-state index contributed by atoms with van der Waals surface area (Å²) in [5.74, 6) is -0.867. The fraction of sp³-hybridized carbons (Fsp3) is 0.350. The summed E-state index contributed by atoms with van der Waals surface area (Å²) in [6.07, 6.45) is 0. The van der Waals surface area contributed by atoms with Gasteiger partial charge in [0.1, 0.15) is 0 Å². The van der Waals surface area contributed by atoms with Crippen molar-refractivity contribution in [3.8, 4) is 0 Å². The summed E-state index contributed by atoms with van der Waals surface area (Å²) in [7, 11) is 4.11. The quantitative estimate of drug-likeness (QED) is 0.809. The molecule has 0 amide bonds. The molecule has 0 atom stereocenters. The molecule has 2 aromatic carbocycles. The maximum absolute atomic E-state index is 11.5. The van der Waals surface area contributed by atoms with E-state index in [4.69, 9.17) is 0 Å². The molecule has 0 heterocycles. The summed E-state index contributed by atoms with van der Waals surface area (Å²) in [5, 5.41) is 9.40. The first kappa shape index (κ1) is 18.2. The van der Waals surface area contributed by atoms with Crippen LogP contribution in [0.5, 0.6) is 0 Å². The van der Waals surface area contributed by atoms with E-state index in [0.717, 1.165) is 25.2 Å². The maximum Gasteiger partial charge on any atom is 0.336 e. The van der Waals surface area contributed by atoms with Gasteiger partial charge in [0.2, 0.25) is 0 Å². The maximum atomic E-state index is 11.5. The van der Waals surface area contributed by atoms with Gasteiger partial charge in [-0.1, -0.05) is 42.5 Å². The van der Waals surface area contributed by atoms with E-state index >= 15 is 0 Å². The van der Waals surface area contributed by atoms with Crippen molar-refractivity contribution >= 4 is 5.97 Å². The van der Waals surface area contributed by atoms with Gasteiger partial charge in [0.05, 0.1) is 5.56 Å². The molecule has 0 bridgehead atoms. The summed E-state index contributed by atoms with van der Waals surface area (Å²) >= 11 is 0. The molecular formula is C20H26N2O2. The number of benzene rings is 2. The minimum atomic E-state index is -0.867. The Morgan fingerprint density at radius 3 is 2.12 bits per heavy atom. The van der Waals surface area contributed by atoms with Crippen LogP contribution >= 0.6 is 0 Å². The van der Waals surface area contributed by atoms with E-state index in [-0.39, 0.29) is 0 Å². The van der Waals surface area contributed by atoms with Crippen molar-refractivity contribution in [2.45, 2.75) is 20.0 Å². The minimum absolute atomic E-state index is 0.386. The zero-order valence-electron chi connectivity index (χ0n) is 14.7. The average molecular weight is 326 g/mol. The Morgan fingerprint density at radius 1 is 0.917 bits per heavy atom. The highest BCUT2D eigenvalue weighted by molar-refractivity contribution is 5.89. The van der Waals surface area contributed by atoms with Gasteiger partial charge >= 0.3 is 5.97 Å². The first-order chi connectivity index (χ1) is 11.5. The molecule has 0 saturated heterocycles. The van der Waals surface area contributed by atoms with Crippen LogP contribution in [0.15, 0.2) is 48.5 Å². The lowest BCUT2D eigenvalue weighted by molar-refractivity contribution is 0.0694. The smallest absolute Gasteiger partial charge is 0.336 e. The molecular weight excluding hydrogens is 300 g/mol. The van der Waals surface area contributed by atoms with Crippen molar-refractivity contribution in [1.82, 2.24) is 9.80 Å². The van der Waals surface area contributed by atoms with Crippen LogP contribution in [0.2, 0.25) is 0 Å². The molecule has 0 aliphatic heterocycles. The van der Waals surface area contributed by atoms with Crippen molar-refractivity contribution in [3.05, 3.63) is 70.8 Å². The summed E-state index contributed by atoms with van der Waals surface area (Å²) in [5.41, 5.74) is 3.79. The molecule has 0 unspecified atom stereocenters. The molecule has 0 radical (unpaired) electrons. The Balaban J connectivity index is 2.20. The molecule has 1 N–H and O–H groups in total. The van der Waals surface area contributed by atoms with Crippen LogP contribution in [0.25, 0.3) is 0 Å². The molecule has 0 spiro atoms. The van der Waals surface area contributed by atoms with Crippen LogP contribution in [0.4, 0.5) is 0 Å². The number of likely N-dealkylation sites (N-methyl/N-ethyl adjacent to an activating group) is 1. The highest BCUT2D eigenvalue weighted by Gasteiger charge is 2.14. The summed E-state index contributed by atoms with van der Waals surface area (Å²) in [6, 6.07) is 15.6. The third-order valence-electron chi connectivity index (χ3n) is 4.16. The standard InChI is InChI=1S/C20H26N2O2/c1-16-8-4-5-9-17(16)14-22(13-12-21(2)3)15-18-10-6-7-11-19(18)20(23)24/h4-11H,12-15H2,1-3H3,(H,23,24). The van der Waals surface area contributed by atoms with Gasteiger partial charge in [-0.3, -0.25) is 4.90 Å². The van der Waals surface area contributed by atoms with Crippen molar-refractivity contribution in [2.75, 3.05) is 27.2 Å². The Labute approximate surface area is 144 Å². The van der Waals surface area contributed by atoms with Gasteiger partial charge in [-0.25, -0.2) is 4.79 Å². The third kappa shape index (κ3) is 5.18. The topological polar surface area (TPSA) is 43.8 Å². The number of aromatic carboxylic acids is 1. The zero-order valence-corrected chi connectivity index (χ0v) is 14.7. The summed E-state index contributed by atoms with van der Waals surface area (Å²) < 4.78 is 0. The summed E-state index contributed by atoms with van der Waals surface area (Å²) in [4.78, 5) is 15.9. The van der Waals surface area contributed by atoms with Gasteiger partial charge in [-0.2, -0.15) is 0 Å². The van der Waals surface area contributed by atoms with Crippen LogP contribution in [0.3, 0.4) is 0 Å². The van der Waals surface area contributed by atoms with Crippen LogP contribution in [-0.4, -0.2) is 48.1 Å². The van der Waals surface area contributed by atoms with Crippen LogP contribution in [0.1, 0.15) is 27.0 Å². The largest absolute Gasteiger partial charge is 0.478 e. The van der Waals surface area contributed by atoms with Gasteiger partial charge in [-0.15, -0.1) is 0 Å². The molecule has 0 fully saturated rings. The Morgan fingerprint density at radius 2 is 1.50 bits per heavy atom. The second-order valence-electron chi connectivity index (χ2n) is 6.40. The van der Waals surface area contributed by atoms with E-state index in [1.54, 1.807) is 12.1 Å². The normalized spacial score (nSPS) is 11.2. The van der Waals surface area contributed by atoms with E-state index in [9.17, 15) is 9.90 Å². The monoisotopic (exact) mass is 326 g/mol. The van der Waals surface area contributed by atoms with Gasteiger partial charge in [0, 0.05) is 26.2 Å². The Hall–Kier alpha value is -2.17. The number of carbonyl (C=O) groups is 1. The third-order valence-corrected chi connectivity index (χ3v) is 4.16. The van der Waals surface area contributed by atoms with Crippen molar-refractivity contribution in [3.63, 3.8) is 0 Å². The van der Waals surface area contributed by atoms with Crippen molar-refractivity contribution < 1.29 is 9.90 Å². The molecule has 2 aromatic rings. The van der Waals surface area contributed by atoms with E-state index in [1.165, 1.54) is 11.1 Å². The van der Waals surface area contributed by atoms with E-state index in [0.29, 0.717) is 12.1 Å². The average Bonchev–Trinajstić information content (AvgIpc) is 2.55.